The van der Waals surface area contributed by atoms with Gasteiger partial charge in [-0.3, -0.25) is 9.59 Å². The fourth-order valence-electron chi connectivity index (χ4n) is 2.72. The van der Waals surface area contributed by atoms with Gasteiger partial charge in [0.05, 0.1) is 0 Å². The number of carbonyl (C=O) groups is 2. The van der Waals surface area contributed by atoms with Crippen LogP contribution in [-0.2, 0) is 16.0 Å². The third kappa shape index (κ3) is 5.02. The third-order valence-corrected chi connectivity index (χ3v) is 4.42. The SMILES string of the molecule is CC(NC(=O)CCc1ccccc1Cl)C(=O)NC1CCCC1. The zero-order chi connectivity index (χ0) is 15.9. The molecule has 2 amide bonds. The van der Waals surface area contributed by atoms with E-state index in [2.05, 4.69) is 10.6 Å². The number of hydrogen-bond acceptors (Lipinski definition) is 2. The molecule has 1 unspecified atom stereocenters. The van der Waals surface area contributed by atoms with Crippen LogP contribution in [0.3, 0.4) is 0 Å². The van der Waals surface area contributed by atoms with Gasteiger partial charge in [0.25, 0.3) is 0 Å². The molecule has 2 N–H and O–H groups in total. The average Bonchev–Trinajstić information content (AvgIpc) is 2.99. The van der Waals surface area contributed by atoms with Gasteiger partial charge >= 0.3 is 0 Å². The summed E-state index contributed by atoms with van der Waals surface area (Å²) >= 11 is 6.06. The van der Waals surface area contributed by atoms with Crippen molar-refractivity contribution in [3.05, 3.63) is 34.9 Å². The topological polar surface area (TPSA) is 58.2 Å². The Morgan fingerprint density at radius 3 is 2.64 bits per heavy atom. The van der Waals surface area contributed by atoms with Gasteiger partial charge in [0.2, 0.25) is 11.8 Å². The van der Waals surface area contributed by atoms with Gasteiger partial charge in [0, 0.05) is 17.5 Å². The molecule has 0 aliphatic heterocycles. The van der Waals surface area contributed by atoms with E-state index < -0.39 is 6.04 Å². The number of aryl methyl sites for hydroxylation is 1. The first kappa shape index (κ1) is 16.8. The van der Waals surface area contributed by atoms with Crippen LogP contribution in [0.5, 0.6) is 0 Å². The summed E-state index contributed by atoms with van der Waals surface area (Å²) in [6, 6.07) is 7.26. The summed E-state index contributed by atoms with van der Waals surface area (Å²) in [6.07, 6.45) is 5.32. The normalized spacial score (nSPS) is 16.3. The van der Waals surface area contributed by atoms with Crippen LogP contribution in [0.1, 0.15) is 44.6 Å². The van der Waals surface area contributed by atoms with Crippen LogP contribution in [0.4, 0.5) is 0 Å². The van der Waals surface area contributed by atoms with Crippen molar-refractivity contribution in [3.63, 3.8) is 0 Å². The van der Waals surface area contributed by atoms with Gasteiger partial charge in [0.15, 0.2) is 0 Å². The lowest BCUT2D eigenvalue weighted by Gasteiger charge is -2.17. The lowest BCUT2D eigenvalue weighted by molar-refractivity contribution is -0.129. The van der Waals surface area contributed by atoms with E-state index in [1.165, 1.54) is 12.8 Å². The van der Waals surface area contributed by atoms with E-state index in [0.717, 1.165) is 18.4 Å². The van der Waals surface area contributed by atoms with E-state index in [-0.39, 0.29) is 17.9 Å². The molecule has 0 aromatic heterocycles. The second-order valence-electron chi connectivity index (χ2n) is 5.87. The van der Waals surface area contributed by atoms with E-state index in [1.54, 1.807) is 6.92 Å². The van der Waals surface area contributed by atoms with Crippen LogP contribution in [0.2, 0.25) is 5.02 Å². The molecule has 120 valence electrons. The molecule has 5 heteroatoms. The molecule has 1 saturated carbocycles. The molecule has 0 radical (unpaired) electrons. The summed E-state index contributed by atoms with van der Waals surface area (Å²) in [5.74, 6) is -0.230. The third-order valence-electron chi connectivity index (χ3n) is 4.05. The van der Waals surface area contributed by atoms with Crippen molar-refractivity contribution in [3.8, 4) is 0 Å². The maximum atomic E-state index is 12.0. The predicted octanol–water partition coefficient (Wildman–Crippen LogP) is 2.84. The molecule has 1 aromatic carbocycles. The van der Waals surface area contributed by atoms with E-state index >= 15 is 0 Å². The molecule has 0 saturated heterocycles. The quantitative estimate of drug-likeness (QED) is 0.846. The molecular weight excluding hydrogens is 300 g/mol. The van der Waals surface area contributed by atoms with Gasteiger partial charge in [-0.15, -0.1) is 0 Å². The minimum absolute atomic E-state index is 0.0991. The van der Waals surface area contributed by atoms with Gasteiger partial charge in [0.1, 0.15) is 6.04 Å². The van der Waals surface area contributed by atoms with Crippen molar-refractivity contribution in [1.82, 2.24) is 10.6 Å². The number of nitrogens with one attached hydrogen (secondary N) is 2. The zero-order valence-electron chi connectivity index (χ0n) is 12.9. The molecule has 1 aliphatic carbocycles. The van der Waals surface area contributed by atoms with Gasteiger partial charge in [-0.1, -0.05) is 42.6 Å². The predicted molar refractivity (Wildman–Crippen MR) is 87.8 cm³/mol. The Kier molecular flexibility index (Phi) is 6.25. The van der Waals surface area contributed by atoms with E-state index in [1.807, 2.05) is 24.3 Å². The molecule has 22 heavy (non-hydrogen) atoms. The number of rotatable bonds is 6. The highest BCUT2D eigenvalue weighted by Gasteiger charge is 2.21. The van der Waals surface area contributed by atoms with Gasteiger partial charge < -0.3 is 10.6 Å². The molecule has 0 heterocycles. The van der Waals surface area contributed by atoms with E-state index in [4.69, 9.17) is 11.6 Å². The molecule has 1 atom stereocenters. The van der Waals surface area contributed by atoms with Crippen LogP contribution in [0, 0.1) is 0 Å². The lowest BCUT2D eigenvalue weighted by Crippen LogP contribution is -2.47. The molecular formula is C17H23ClN2O2. The summed E-state index contributed by atoms with van der Waals surface area (Å²) in [5.41, 5.74) is 0.947. The minimum Gasteiger partial charge on any atom is -0.352 e. The summed E-state index contributed by atoms with van der Waals surface area (Å²) < 4.78 is 0. The van der Waals surface area contributed by atoms with Gasteiger partial charge in [-0.2, -0.15) is 0 Å². The Morgan fingerprint density at radius 1 is 1.27 bits per heavy atom. The Bertz CT molecular complexity index is 527. The van der Waals surface area contributed by atoms with Crippen LogP contribution < -0.4 is 10.6 Å². The van der Waals surface area contributed by atoms with Crippen molar-refractivity contribution < 1.29 is 9.59 Å². The van der Waals surface area contributed by atoms with Crippen LogP contribution >= 0.6 is 11.6 Å². The number of carbonyl (C=O) groups excluding carboxylic acids is 2. The second kappa shape index (κ2) is 8.18. The second-order valence-corrected chi connectivity index (χ2v) is 6.28. The minimum atomic E-state index is -0.501. The summed E-state index contributed by atoms with van der Waals surface area (Å²) in [5, 5.41) is 6.41. The van der Waals surface area contributed by atoms with Crippen LogP contribution in [0.15, 0.2) is 24.3 Å². The maximum Gasteiger partial charge on any atom is 0.242 e. The monoisotopic (exact) mass is 322 g/mol. The summed E-state index contributed by atoms with van der Waals surface area (Å²) in [4.78, 5) is 24.0. The first-order chi connectivity index (χ1) is 10.6. The molecule has 1 fully saturated rings. The lowest BCUT2D eigenvalue weighted by atomic mass is 10.1. The molecule has 0 spiro atoms. The van der Waals surface area contributed by atoms with Gasteiger partial charge in [-0.05, 0) is 37.8 Å². The van der Waals surface area contributed by atoms with Crippen molar-refractivity contribution >= 4 is 23.4 Å². The summed E-state index contributed by atoms with van der Waals surface area (Å²) in [6.45, 7) is 1.72. The highest BCUT2D eigenvalue weighted by Crippen LogP contribution is 2.18. The molecule has 0 bridgehead atoms. The van der Waals surface area contributed by atoms with Crippen molar-refractivity contribution in [2.24, 2.45) is 0 Å². The maximum absolute atomic E-state index is 12.0. The highest BCUT2D eigenvalue weighted by atomic mass is 35.5. The average molecular weight is 323 g/mol. The molecule has 1 aliphatic rings. The summed E-state index contributed by atoms with van der Waals surface area (Å²) in [7, 11) is 0. The van der Waals surface area contributed by atoms with Crippen molar-refractivity contribution in [1.29, 1.82) is 0 Å². The highest BCUT2D eigenvalue weighted by molar-refractivity contribution is 6.31. The first-order valence-electron chi connectivity index (χ1n) is 7.89. The molecule has 2 rings (SSSR count). The van der Waals surface area contributed by atoms with Crippen molar-refractivity contribution in [2.45, 2.75) is 57.5 Å². The van der Waals surface area contributed by atoms with Crippen LogP contribution in [0.25, 0.3) is 0 Å². The number of halogens is 1. The Morgan fingerprint density at radius 2 is 1.95 bits per heavy atom. The smallest absolute Gasteiger partial charge is 0.242 e. The van der Waals surface area contributed by atoms with E-state index in [0.29, 0.717) is 17.9 Å². The first-order valence-corrected chi connectivity index (χ1v) is 8.27. The van der Waals surface area contributed by atoms with Crippen molar-refractivity contribution in [2.75, 3.05) is 0 Å². The fraction of sp³-hybridized carbons (Fsp3) is 0.529. The Labute approximate surface area is 136 Å². The largest absolute Gasteiger partial charge is 0.352 e. The Hall–Kier alpha value is -1.55. The zero-order valence-corrected chi connectivity index (χ0v) is 13.7. The van der Waals surface area contributed by atoms with Crippen LogP contribution in [-0.4, -0.2) is 23.9 Å². The number of hydrogen-bond donors (Lipinski definition) is 2. The molecule has 1 aromatic rings. The fourth-order valence-corrected chi connectivity index (χ4v) is 2.96. The van der Waals surface area contributed by atoms with E-state index in [9.17, 15) is 9.59 Å². The molecule has 4 nitrogen and oxygen atoms in total. The Balaban J connectivity index is 1.73. The standard InChI is InChI=1S/C17H23ClN2O2/c1-12(17(22)20-14-7-3-4-8-14)19-16(21)11-10-13-6-2-5-9-15(13)18/h2,5-6,9,12,14H,3-4,7-8,10-11H2,1H3,(H,19,21)(H,20,22). The van der Waals surface area contributed by atoms with Gasteiger partial charge in [-0.25, -0.2) is 0 Å². The number of amides is 2. The number of benzene rings is 1.